The molecule has 2 saturated heterocycles. The summed E-state index contributed by atoms with van der Waals surface area (Å²) < 4.78 is 33.6. The number of nitrogens with one attached hydrogen (secondary N) is 1. The Morgan fingerprint density at radius 3 is 2.62 bits per heavy atom. The molecule has 0 aromatic carbocycles. The predicted octanol–water partition coefficient (Wildman–Crippen LogP) is -3.00. The molecule has 2 aliphatic heterocycles. The minimum atomic E-state index is -4.97. The number of nitrogen functional groups attached to an aromatic ring is 1. The number of nitrogens with two attached hydrogens (primary N) is 2. The highest BCUT2D eigenvalue weighted by Crippen LogP contribution is 2.40. The standard InChI is InChI=1S/C19H24N10O8S2/c20-9-4-27(5-9)6-10-3-22-28(25-10)7-12-14(16(31)29(12)39(34,35)36)24-15(30)13(11-8-38-18(21)23-11)26-37-19(1-2-19)17(32)33/h3,8-9,12,14H,1-2,4-7,20H2,(H2,21,23)(H,24,30)(H,32,33)(H,34,35,36)/b26-13-/t12-,14+/m1/s1. The zero-order valence-electron chi connectivity index (χ0n) is 20.1. The molecule has 0 unspecified atom stereocenters. The normalized spacial score (nSPS) is 23.2. The molecular weight excluding hydrogens is 560 g/mol. The van der Waals surface area contributed by atoms with E-state index in [9.17, 15) is 32.5 Å². The fourth-order valence-electron chi connectivity index (χ4n) is 4.17. The van der Waals surface area contributed by atoms with Crippen LogP contribution in [0.25, 0.3) is 0 Å². The summed E-state index contributed by atoms with van der Waals surface area (Å²) in [6, 6.07) is -2.63. The van der Waals surface area contributed by atoms with Crippen molar-refractivity contribution in [2.45, 2.75) is 49.7 Å². The summed E-state index contributed by atoms with van der Waals surface area (Å²) in [5.41, 5.74) is 9.90. The summed E-state index contributed by atoms with van der Waals surface area (Å²) in [5.74, 6) is -3.38. The lowest BCUT2D eigenvalue weighted by Crippen LogP contribution is -2.73. The molecule has 3 aliphatic rings. The van der Waals surface area contributed by atoms with E-state index in [1.54, 1.807) is 0 Å². The van der Waals surface area contributed by atoms with Crippen LogP contribution in [0.1, 0.15) is 24.2 Å². The van der Waals surface area contributed by atoms with Crippen LogP contribution in [0.3, 0.4) is 0 Å². The topological polar surface area (TPSA) is 262 Å². The number of anilines is 1. The smallest absolute Gasteiger partial charge is 0.362 e. The van der Waals surface area contributed by atoms with Crippen LogP contribution in [-0.4, -0.2) is 108 Å². The number of likely N-dealkylation sites (tertiary alicyclic amines) is 1. The van der Waals surface area contributed by atoms with E-state index in [-0.39, 0.29) is 40.6 Å². The maximum atomic E-state index is 13.2. The minimum Gasteiger partial charge on any atom is -0.478 e. The van der Waals surface area contributed by atoms with Crippen molar-refractivity contribution in [1.29, 1.82) is 0 Å². The van der Waals surface area contributed by atoms with Crippen LogP contribution in [0.4, 0.5) is 5.13 Å². The van der Waals surface area contributed by atoms with Crippen LogP contribution in [0.15, 0.2) is 16.7 Å². The number of β-lactam (4-membered cyclic amide) rings is 1. The van der Waals surface area contributed by atoms with Crippen molar-refractivity contribution in [2.75, 3.05) is 18.8 Å². The van der Waals surface area contributed by atoms with Gasteiger partial charge in [-0.05, 0) is 0 Å². The summed E-state index contributed by atoms with van der Waals surface area (Å²) in [6.45, 7) is 1.57. The number of carboxylic acid groups (broad SMARTS) is 1. The average molecular weight is 585 g/mol. The molecule has 210 valence electrons. The molecule has 2 atom stereocenters. The first-order valence-electron chi connectivity index (χ1n) is 11.6. The monoisotopic (exact) mass is 584 g/mol. The van der Waals surface area contributed by atoms with Gasteiger partial charge in [-0.15, -0.1) is 11.3 Å². The Balaban J connectivity index is 1.34. The number of nitrogens with zero attached hydrogens (tertiary/aromatic N) is 7. The molecule has 18 nitrogen and oxygen atoms in total. The van der Waals surface area contributed by atoms with Gasteiger partial charge in [-0.2, -0.15) is 23.4 Å². The second-order valence-corrected chi connectivity index (χ2v) is 11.6. The summed E-state index contributed by atoms with van der Waals surface area (Å²) >= 11 is 0.979. The number of aliphatic carboxylic acids is 1. The number of carbonyl (C=O) groups excluding carboxylic acids is 2. The Morgan fingerprint density at radius 2 is 2.05 bits per heavy atom. The molecule has 20 heteroatoms. The van der Waals surface area contributed by atoms with Gasteiger partial charge in [0.2, 0.25) is 5.60 Å². The zero-order valence-corrected chi connectivity index (χ0v) is 21.7. The van der Waals surface area contributed by atoms with E-state index in [0.29, 0.717) is 25.3 Å². The molecular formula is C19H24N10O8S2. The van der Waals surface area contributed by atoms with Crippen LogP contribution in [0, 0.1) is 0 Å². The van der Waals surface area contributed by atoms with Crippen LogP contribution in [0.2, 0.25) is 0 Å². The molecule has 5 rings (SSSR count). The van der Waals surface area contributed by atoms with E-state index >= 15 is 0 Å². The zero-order chi connectivity index (χ0) is 28.1. The predicted molar refractivity (Wildman–Crippen MR) is 131 cm³/mol. The van der Waals surface area contributed by atoms with Gasteiger partial charge in [-0.3, -0.25) is 19.0 Å². The Bertz CT molecular complexity index is 1450. The van der Waals surface area contributed by atoms with Gasteiger partial charge < -0.3 is 26.7 Å². The Morgan fingerprint density at radius 1 is 1.33 bits per heavy atom. The number of hydrogen-bond donors (Lipinski definition) is 5. The fourth-order valence-corrected chi connectivity index (χ4v) is 5.59. The number of amides is 2. The molecule has 0 radical (unpaired) electrons. The first kappa shape index (κ1) is 26.9. The quantitative estimate of drug-likeness (QED) is 0.0763. The van der Waals surface area contributed by atoms with Gasteiger partial charge >= 0.3 is 16.3 Å². The van der Waals surface area contributed by atoms with E-state index in [0.717, 1.165) is 16.1 Å². The SMILES string of the molecule is Nc1nc(/C(=N/OC2(C(=O)O)CC2)C(=O)N[C@@H]2C(=O)N(S(=O)(=O)O)[C@@H]2Cn2ncc(CN3CC(N)C3)n2)cs1. The Kier molecular flexibility index (Phi) is 6.74. The van der Waals surface area contributed by atoms with Gasteiger partial charge in [-0.1, -0.05) is 5.16 Å². The van der Waals surface area contributed by atoms with Crippen molar-refractivity contribution >= 4 is 50.3 Å². The molecule has 0 spiro atoms. The Labute approximate surface area is 224 Å². The first-order valence-corrected chi connectivity index (χ1v) is 13.8. The number of thiazole rings is 1. The highest BCUT2D eigenvalue weighted by Gasteiger charge is 2.56. The van der Waals surface area contributed by atoms with Crippen LogP contribution >= 0.6 is 11.3 Å². The van der Waals surface area contributed by atoms with Gasteiger partial charge in [0.1, 0.15) is 17.8 Å². The van der Waals surface area contributed by atoms with Crippen molar-refractivity contribution in [3.05, 3.63) is 23.0 Å². The molecule has 3 fully saturated rings. The summed E-state index contributed by atoms with van der Waals surface area (Å²) in [6.07, 6.45) is 1.83. The van der Waals surface area contributed by atoms with E-state index in [1.807, 2.05) is 4.90 Å². The van der Waals surface area contributed by atoms with Crippen molar-refractivity contribution in [3.63, 3.8) is 0 Å². The van der Waals surface area contributed by atoms with E-state index in [2.05, 4.69) is 25.7 Å². The summed E-state index contributed by atoms with van der Waals surface area (Å²) in [4.78, 5) is 49.6. The third-order valence-electron chi connectivity index (χ3n) is 6.39. The van der Waals surface area contributed by atoms with Crippen LogP contribution in [-0.2, 0) is 42.6 Å². The molecule has 2 amide bonds. The van der Waals surface area contributed by atoms with Gasteiger partial charge in [-0.25, -0.2) is 14.1 Å². The minimum absolute atomic E-state index is 0.0461. The fraction of sp³-hybridized carbons (Fsp3) is 0.526. The molecule has 1 saturated carbocycles. The van der Waals surface area contributed by atoms with Crippen molar-refractivity contribution in [2.24, 2.45) is 10.9 Å². The van der Waals surface area contributed by atoms with E-state index < -0.39 is 51.5 Å². The number of carboxylic acids is 1. The highest BCUT2D eigenvalue weighted by molar-refractivity contribution is 7.84. The van der Waals surface area contributed by atoms with Gasteiger partial charge in [0.15, 0.2) is 10.8 Å². The molecule has 4 heterocycles. The van der Waals surface area contributed by atoms with Crippen molar-refractivity contribution in [3.8, 4) is 0 Å². The summed E-state index contributed by atoms with van der Waals surface area (Å²) in [5, 5.41) is 25.2. The lowest BCUT2D eigenvalue weighted by molar-refractivity contribution is -0.153. The molecule has 39 heavy (non-hydrogen) atoms. The number of hydrogen-bond acceptors (Lipinski definition) is 14. The van der Waals surface area contributed by atoms with Gasteiger partial charge in [0.05, 0.1) is 18.4 Å². The Hall–Kier alpha value is -3.72. The largest absolute Gasteiger partial charge is 0.478 e. The molecule has 7 N–H and O–H groups in total. The first-order chi connectivity index (χ1) is 18.4. The maximum Gasteiger partial charge on any atom is 0.362 e. The number of aromatic nitrogens is 4. The van der Waals surface area contributed by atoms with Crippen molar-refractivity contribution < 1.29 is 37.3 Å². The van der Waals surface area contributed by atoms with Gasteiger partial charge in [0.25, 0.3) is 11.8 Å². The molecule has 1 aliphatic carbocycles. The second kappa shape index (κ2) is 9.79. The summed E-state index contributed by atoms with van der Waals surface area (Å²) in [7, 11) is -4.97. The molecule has 2 aromatic heterocycles. The van der Waals surface area contributed by atoms with Crippen LogP contribution in [0.5, 0.6) is 0 Å². The van der Waals surface area contributed by atoms with E-state index in [4.69, 9.17) is 16.3 Å². The van der Waals surface area contributed by atoms with Crippen LogP contribution < -0.4 is 16.8 Å². The average Bonchev–Trinajstić information content (AvgIpc) is 3.31. The number of carbonyl (C=O) groups is 3. The maximum absolute atomic E-state index is 13.2. The number of rotatable bonds is 11. The third-order valence-corrected chi connectivity index (χ3v) is 8.02. The molecule has 2 aromatic rings. The van der Waals surface area contributed by atoms with Crippen molar-refractivity contribution in [1.82, 2.24) is 34.5 Å². The van der Waals surface area contributed by atoms with E-state index in [1.165, 1.54) is 11.6 Å². The lowest BCUT2D eigenvalue weighted by Gasteiger charge is -2.43. The van der Waals surface area contributed by atoms with Gasteiger partial charge in [0, 0.05) is 43.9 Å². The highest BCUT2D eigenvalue weighted by atomic mass is 32.2. The number of oxime groups is 1. The lowest BCUT2D eigenvalue weighted by atomic mass is 9.98. The molecule has 0 bridgehead atoms. The second-order valence-electron chi connectivity index (χ2n) is 9.38. The third kappa shape index (κ3) is 5.41.